The highest BCUT2D eigenvalue weighted by atomic mass is 32.2. The van der Waals surface area contributed by atoms with Crippen LogP contribution < -0.4 is 14.8 Å². The van der Waals surface area contributed by atoms with Gasteiger partial charge in [-0.2, -0.15) is 0 Å². The van der Waals surface area contributed by atoms with Gasteiger partial charge in [0.2, 0.25) is 12.7 Å². The molecule has 3 aromatic rings. The summed E-state index contributed by atoms with van der Waals surface area (Å²) >= 11 is 1.18. The third-order valence-electron chi connectivity index (χ3n) is 3.75. The van der Waals surface area contributed by atoms with Crippen molar-refractivity contribution in [2.24, 2.45) is 0 Å². The van der Waals surface area contributed by atoms with E-state index in [1.54, 1.807) is 12.3 Å². The zero-order chi connectivity index (χ0) is 17.9. The summed E-state index contributed by atoms with van der Waals surface area (Å²) in [6, 6.07) is 7.33. The summed E-state index contributed by atoms with van der Waals surface area (Å²) in [5.41, 5.74) is 1.68. The Labute approximate surface area is 152 Å². The predicted molar refractivity (Wildman–Crippen MR) is 91.9 cm³/mol. The summed E-state index contributed by atoms with van der Waals surface area (Å²) in [6.45, 7) is 2.45. The molecule has 3 heterocycles. The Hall–Kier alpha value is -2.94. The quantitative estimate of drug-likeness (QED) is 0.659. The van der Waals surface area contributed by atoms with Crippen molar-refractivity contribution >= 4 is 17.7 Å². The maximum absolute atomic E-state index is 12.0. The lowest BCUT2D eigenvalue weighted by atomic mass is 10.2. The molecular weight excluding hydrogens is 358 g/mol. The number of hydrogen-bond donors (Lipinski definition) is 1. The van der Waals surface area contributed by atoms with Crippen molar-refractivity contribution in [2.75, 3.05) is 12.5 Å². The van der Waals surface area contributed by atoms with Crippen molar-refractivity contribution < 1.29 is 23.1 Å². The Bertz CT molecular complexity index is 936. The fraction of sp³-hybridized carbons (Fsp3) is 0.235. The molecule has 0 saturated heterocycles. The van der Waals surface area contributed by atoms with Gasteiger partial charge < -0.3 is 23.6 Å². The third kappa shape index (κ3) is 3.52. The molecule has 0 aliphatic carbocycles. The molecule has 1 aromatic carbocycles. The number of carbonyl (C=O) groups is 1. The molecule has 0 radical (unpaired) electrons. The lowest BCUT2D eigenvalue weighted by Crippen LogP contribution is -2.24. The molecular formula is C17H15N3O5S. The van der Waals surface area contributed by atoms with Crippen molar-refractivity contribution in [3.63, 3.8) is 0 Å². The average molecular weight is 373 g/mol. The molecule has 0 spiro atoms. The summed E-state index contributed by atoms with van der Waals surface area (Å²) in [4.78, 5) is 12.0. The Morgan fingerprint density at radius 2 is 2.12 bits per heavy atom. The number of benzene rings is 1. The summed E-state index contributed by atoms with van der Waals surface area (Å²) in [6.07, 6.45) is 1.56. The average Bonchev–Trinajstić information content (AvgIpc) is 3.37. The summed E-state index contributed by atoms with van der Waals surface area (Å²) in [7, 11) is 0. The maximum atomic E-state index is 12.0. The van der Waals surface area contributed by atoms with Gasteiger partial charge in [-0.05, 0) is 30.7 Å². The van der Waals surface area contributed by atoms with E-state index in [1.165, 1.54) is 11.8 Å². The van der Waals surface area contributed by atoms with Crippen molar-refractivity contribution in [2.45, 2.75) is 18.7 Å². The third-order valence-corrected chi connectivity index (χ3v) is 4.57. The van der Waals surface area contributed by atoms with Crippen molar-refractivity contribution in [1.29, 1.82) is 0 Å². The van der Waals surface area contributed by atoms with Crippen LogP contribution in [0.25, 0.3) is 11.5 Å². The van der Waals surface area contributed by atoms with Gasteiger partial charge in [0.15, 0.2) is 11.5 Å². The Morgan fingerprint density at radius 1 is 1.23 bits per heavy atom. The lowest BCUT2D eigenvalue weighted by Gasteiger charge is -2.05. The fourth-order valence-electron chi connectivity index (χ4n) is 2.41. The van der Waals surface area contributed by atoms with Crippen molar-refractivity contribution in [1.82, 2.24) is 15.5 Å². The molecule has 8 nitrogen and oxygen atoms in total. The number of thioether (sulfide) groups is 1. The van der Waals surface area contributed by atoms with Gasteiger partial charge in [0.1, 0.15) is 5.76 Å². The van der Waals surface area contributed by atoms with Crippen LogP contribution in [-0.2, 0) is 11.3 Å². The summed E-state index contributed by atoms with van der Waals surface area (Å²) < 4.78 is 21.3. The Balaban J connectivity index is 1.28. The van der Waals surface area contributed by atoms with E-state index in [2.05, 4.69) is 15.5 Å². The molecule has 1 aliphatic heterocycles. The highest BCUT2D eigenvalue weighted by Gasteiger charge is 2.15. The van der Waals surface area contributed by atoms with Gasteiger partial charge in [0.25, 0.3) is 11.1 Å². The molecule has 26 heavy (non-hydrogen) atoms. The summed E-state index contributed by atoms with van der Waals surface area (Å²) in [5.74, 6) is 2.53. The monoisotopic (exact) mass is 373 g/mol. The zero-order valence-electron chi connectivity index (χ0n) is 13.9. The number of ether oxygens (including phenoxy) is 2. The molecule has 0 atom stereocenters. The van der Waals surface area contributed by atoms with Crippen LogP contribution in [0.3, 0.4) is 0 Å². The first kappa shape index (κ1) is 16.5. The number of fused-ring (bicyclic) bond motifs is 1. The molecule has 0 bridgehead atoms. The molecule has 4 rings (SSSR count). The minimum absolute atomic E-state index is 0.132. The van der Waals surface area contributed by atoms with E-state index in [0.29, 0.717) is 29.2 Å². The predicted octanol–water partition coefficient (Wildman–Crippen LogP) is 2.78. The largest absolute Gasteiger partial charge is 0.469 e. The standard InChI is InChI=1S/C17H15N3O5S/c1-10-12(4-5-22-10)16-19-20-17(25-16)26-8-15(21)18-7-11-2-3-13-14(6-11)24-9-23-13/h2-6H,7-9H2,1H3,(H,18,21). The first-order valence-corrected chi connectivity index (χ1v) is 8.83. The van der Waals surface area contributed by atoms with E-state index in [0.717, 1.165) is 16.9 Å². The molecule has 9 heteroatoms. The van der Waals surface area contributed by atoms with Crippen molar-refractivity contribution in [3.05, 3.63) is 41.9 Å². The van der Waals surface area contributed by atoms with E-state index in [-0.39, 0.29) is 18.5 Å². The van der Waals surface area contributed by atoms with Gasteiger partial charge in [-0.25, -0.2) is 0 Å². The Morgan fingerprint density at radius 3 is 2.96 bits per heavy atom. The van der Waals surface area contributed by atoms with Crippen LogP contribution in [0.1, 0.15) is 11.3 Å². The van der Waals surface area contributed by atoms with Crippen LogP contribution in [0.2, 0.25) is 0 Å². The number of furan rings is 1. The second kappa shape index (κ2) is 7.12. The maximum Gasteiger partial charge on any atom is 0.277 e. The molecule has 1 N–H and O–H groups in total. The number of nitrogens with one attached hydrogen (secondary N) is 1. The van der Waals surface area contributed by atoms with Gasteiger partial charge in [0, 0.05) is 6.54 Å². The smallest absolute Gasteiger partial charge is 0.277 e. The van der Waals surface area contributed by atoms with E-state index in [1.807, 2.05) is 25.1 Å². The normalized spacial score (nSPS) is 12.3. The first-order chi connectivity index (χ1) is 12.7. The molecule has 0 fully saturated rings. The van der Waals surface area contributed by atoms with E-state index in [9.17, 15) is 4.79 Å². The van der Waals surface area contributed by atoms with Crippen LogP contribution in [0.15, 0.2) is 44.6 Å². The van der Waals surface area contributed by atoms with Crippen LogP contribution in [-0.4, -0.2) is 28.7 Å². The van der Waals surface area contributed by atoms with E-state index >= 15 is 0 Å². The van der Waals surface area contributed by atoms with Gasteiger partial charge in [-0.1, -0.05) is 17.8 Å². The lowest BCUT2D eigenvalue weighted by molar-refractivity contribution is -0.118. The van der Waals surface area contributed by atoms with E-state index in [4.69, 9.17) is 18.3 Å². The van der Waals surface area contributed by atoms with Gasteiger partial charge >= 0.3 is 0 Å². The highest BCUT2D eigenvalue weighted by Crippen LogP contribution is 2.32. The number of hydrogen-bond acceptors (Lipinski definition) is 8. The topological polar surface area (TPSA) is 99.6 Å². The van der Waals surface area contributed by atoms with E-state index < -0.39 is 0 Å². The minimum Gasteiger partial charge on any atom is -0.469 e. The van der Waals surface area contributed by atoms with Gasteiger partial charge in [-0.3, -0.25) is 4.79 Å². The number of nitrogens with zero attached hydrogens (tertiary/aromatic N) is 2. The highest BCUT2D eigenvalue weighted by molar-refractivity contribution is 7.99. The molecule has 0 saturated carbocycles. The molecule has 2 aromatic heterocycles. The fourth-order valence-corrected chi connectivity index (χ4v) is 3.01. The first-order valence-electron chi connectivity index (χ1n) is 7.85. The van der Waals surface area contributed by atoms with Gasteiger partial charge in [-0.15, -0.1) is 10.2 Å². The minimum atomic E-state index is -0.132. The zero-order valence-corrected chi connectivity index (χ0v) is 14.7. The summed E-state index contributed by atoms with van der Waals surface area (Å²) in [5, 5.41) is 11.1. The van der Waals surface area contributed by atoms with Gasteiger partial charge in [0.05, 0.1) is 17.6 Å². The van der Waals surface area contributed by atoms with Crippen LogP contribution >= 0.6 is 11.8 Å². The number of amides is 1. The second-order valence-electron chi connectivity index (χ2n) is 5.52. The SMILES string of the molecule is Cc1occc1-c1nnc(SCC(=O)NCc2ccc3c(c2)OCO3)o1. The van der Waals surface area contributed by atoms with Crippen LogP contribution in [0, 0.1) is 6.92 Å². The molecule has 1 aliphatic rings. The molecule has 0 unspecified atom stereocenters. The molecule has 134 valence electrons. The van der Waals surface area contributed by atoms with Crippen LogP contribution in [0.4, 0.5) is 0 Å². The second-order valence-corrected chi connectivity index (χ2v) is 6.44. The number of aromatic nitrogens is 2. The number of aryl methyl sites for hydroxylation is 1. The number of carbonyl (C=O) groups excluding carboxylic acids is 1. The van der Waals surface area contributed by atoms with Crippen LogP contribution in [0.5, 0.6) is 11.5 Å². The van der Waals surface area contributed by atoms with Crippen molar-refractivity contribution in [3.8, 4) is 23.0 Å². The number of rotatable bonds is 6. The Kier molecular flexibility index (Phi) is 4.53. The molecule has 1 amide bonds.